The van der Waals surface area contributed by atoms with Crippen molar-refractivity contribution in [3.63, 3.8) is 0 Å². The lowest BCUT2D eigenvalue weighted by Crippen LogP contribution is -2.48. The smallest absolute Gasteiger partial charge is 0.283 e. The molecule has 1 fully saturated rings. The Hall–Kier alpha value is -2.55. The number of aromatic hydroxyl groups is 1. The number of aromatic nitrogens is 2. The van der Waals surface area contributed by atoms with Gasteiger partial charge in [-0.05, 0) is 63.2 Å². The molecule has 2 aromatic rings. The van der Waals surface area contributed by atoms with Crippen LogP contribution in [0.25, 0.3) is 0 Å². The first kappa shape index (κ1) is 26.1. The van der Waals surface area contributed by atoms with Crippen LogP contribution in [0.3, 0.4) is 0 Å². The highest BCUT2D eigenvalue weighted by Gasteiger charge is 2.43. The minimum Gasteiger partial charge on any atom is -0.504 e. The van der Waals surface area contributed by atoms with Gasteiger partial charge in [0.25, 0.3) is 5.56 Å². The van der Waals surface area contributed by atoms with Gasteiger partial charge in [-0.2, -0.15) is 5.10 Å². The molecule has 1 heterocycles. The van der Waals surface area contributed by atoms with Crippen LogP contribution in [0, 0.1) is 23.2 Å². The Kier molecular flexibility index (Phi) is 7.95. The molecule has 3 N–H and O–H groups in total. The Morgan fingerprint density at radius 1 is 1.32 bits per heavy atom. The summed E-state index contributed by atoms with van der Waals surface area (Å²) in [6, 6.07) is 5.07. The summed E-state index contributed by atoms with van der Waals surface area (Å²) in [5, 5.41) is 20.2. The van der Waals surface area contributed by atoms with Crippen LogP contribution in [0.2, 0.25) is 0 Å². The number of phenolic OH excluding ortho intramolecular Hbond substituents is 1. The van der Waals surface area contributed by atoms with E-state index in [1.54, 1.807) is 18.3 Å². The van der Waals surface area contributed by atoms with Crippen molar-refractivity contribution < 1.29 is 14.6 Å². The number of carbonyl (C=O) groups is 1. The summed E-state index contributed by atoms with van der Waals surface area (Å²) in [4.78, 5) is 25.3. The Morgan fingerprint density at radius 3 is 2.71 bits per heavy atom. The first-order chi connectivity index (χ1) is 15.9. The fraction of sp³-hybridized carbons (Fsp3) is 0.560. The van der Waals surface area contributed by atoms with E-state index in [4.69, 9.17) is 4.74 Å². The molecule has 0 unspecified atom stereocenters. The van der Waals surface area contributed by atoms with Crippen molar-refractivity contribution in [1.82, 2.24) is 15.1 Å². The second kappa shape index (κ2) is 10.4. The molecule has 0 radical (unpaired) electrons. The minimum atomic E-state index is -0.364. The van der Waals surface area contributed by atoms with Crippen LogP contribution in [-0.4, -0.2) is 33.9 Å². The van der Waals surface area contributed by atoms with Crippen molar-refractivity contribution in [2.45, 2.75) is 60.2 Å². The van der Waals surface area contributed by atoms with Crippen molar-refractivity contribution in [3.05, 3.63) is 44.8 Å². The third kappa shape index (κ3) is 5.40. The molecule has 0 spiro atoms. The number of hydrogen-bond acceptors (Lipinski definition) is 6. The van der Waals surface area contributed by atoms with Crippen LogP contribution < -0.4 is 20.9 Å². The molecule has 1 saturated carbocycles. The SMILES string of the molecule is COc1cc(CNC(=O)Cn2ncc(N[C@@H]3C[C@H](C)C(C)(C)[C@H](C)[C@H]3C)c(Br)c2=O)ccc1O. The third-order valence-electron chi connectivity index (χ3n) is 7.83. The Labute approximate surface area is 209 Å². The summed E-state index contributed by atoms with van der Waals surface area (Å²) >= 11 is 3.41. The summed E-state index contributed by atoms with van der Waals surface area (Å²) in [7, 11) is 1.46. The second-order valence-electron chi connectivity index (χ2n) is 9.97. The maximum atomic E-state index is 12.9. The van der Waals surface area contributed by atoms with Gasteiger partial charge >= 0.3 is 0 Å². The highest BCUT2D eigenvalue weighted by molar-refractivity contribution is 9.10. The molecule has 8 nitrogen and oxygen atoms in total. The summed E-state index contributed by atoms with van der Waals surface area (Å²) in [5.41, 5.74) is 1.30. The monoisotopic (exact) mass is 534 g/mol. The van der Waals surface area contributed by atoms with E-state index in [2.05, 4.69) is 66.3 Å². The molecular formula is C25H35BrN4O4. The number of phenols is 1. The van der Waals surface area contributed by atoms with Crippen LogP contribution in [-0.2, 0) is 17.9 Å². The molecule has 186 valence electrons. The number of methoxy groups -OCH3 is 1. The molecule has 1 aliphatic carbocycles. The van der Waals surface area contributed by atoms with Crippen LogP contribution in [0.4, 0.5) is 5.69 Å². The number of halogens is 1. The number of carbonyl (C=O) groups excluding carboxylic acids is 1. The van der Waals surface area contributed by atoms with E-state index < -0.39 is 0 Å². The average molecular weight is 535 g/mol. The van der Waals surface area contributed by atoms with Crippen molar-refractivity contribution in [2.24, 2.45) is 23.2 Å². The number of amides is 1. The zero-order valence-electron chi connectivity index (χ0n) is 20.7. The topological polar surface area (TPSA) is 105 Å². The van der Waals surface area contributed by atoms with Crippen molar-refractivity contribution in [2.75, 3.05) is 12.4 Å². The van der Waals surface area contributed by atoms with E-state index in [1.807, 2.05) is 0 Å². The van der Waals surface area contributed by atoms with Crippen LogP contribution in [0.15, 0.2) is 33.7 Å². The van der Waals surface area contributed by atoms with Gasteiger partial charge in [-0.25, -0.2) is 4.68 Å². The molecule has 0 bridgehead atoms. The molecule has 4 atom stereocenters. The van der Waals surface area contributed by atoms with Gasteiger partial charge in [-0.1, -0.05) is 40.7 Å². The first-order valence-corrected chi connectivity index (χ1v) is 12.4. The standard InChI is InChI=1S/C25H35BrN4O4/c1-14-9-18(15(2)16(3)25(14,4)5)29-19-12-28-30(24(33)23(19)26)13-22(32)27-11-17-7-8-20(31)21(10-17)34-6/h7-8,10,12,14-16,18,29,31H,9,11,13H2,1-6H3,(H,27,32)/t14-,15+,16+,18+/m0/s1. The summed E-state index contributed by atoms with van der Waals surface area (Å²) in [6.45, 7) is 11.5. The van der Waals surface area contributed by atoms with Crippen molar-refractivity contribution in [3.8, 4) is 11.5 Å². The van der Waals surface area contributed by atoms with Gasteiger partial charge < -0.3 is 20.5 Å². The van der Waals surface area contributed by atoms with E-state index >= 15 is 0 Å². The van der Waals surface area contributed by atoms with Crippen LogP contribution in [0.1, 0.15) is 46.6 Å². The number of rotatable bonds is 7. The molecule has 1 aromatic carbocycles. The Bertz CT molecular complexity index is 1100. The van der Waals surface area contributed by atoms with Crippen molar-refractivity contribution >= 4 is 27.5 Å². The van der Waals surface area contributed by atoms with Gasteiger partial charge in [0.05, 0.1) is 19.0 Å². The molecular weight excluding hydrogens is 500 g/mol. The number of hydrogen-bond donors (Lipinski definition) is 3. The lowest BCUT2D eigenvalue weighted by Gasteiger charge is -2.50. The van der Waals surface area contributed by atoms with Gasteiger partial charge in [-0.3, -0.25) is 9.59 Å². The van der Waals surface area contributed by atoms with Crippen molar-refractivity contribution in [1.29, 1.82) is 0 Å². The van der Waals surface area contributed by atoms with Crippen LogP contribution in [0.5, 0.6) is 11.5 Å². The summed E-state index contributed by atoms with van der Waals surface area (Å²) < 4.78 is 6.59. The fourth-order valence-corrected chi connectivity index (χ4v) is 5.09. The molecule has 1 aromatic heterocycles. The number of nitrogens with zero attached hydrogens (tertiary/aromatic N) is 2. The van der Waals surface area contributed by atoms with Gasteiger partial charge in [0, 0.05) is 12.6 Å². The molecule has 0 aliphatic heterocycles. The predicted octanol–water partition coefficient (Wildman–Crippen LogP) is 4.16. The first-order valence-electron chi connectivity index (χ1n) is 11.6. The molecule has 9 heteroatoms. The van der Waals surface area contributed by atoms with E-state index in [1.165, 1.54) is 13.2 Å². The van der Waals surface area contributed by atoms with Crippen LogP contribution >= 0.6 is 15.9 Å². The lowest BCUT2D eigenvalue weighted by atomic mass is 9.58. The molecule has 1 amide bonds. The van der Waals surface area contributed by atoms with E-state index in [0.29, 0.717) is 33.7 Å². The zero-order chi connectivity index (χ0) is 25.2. The van der Waals surface area contributed by atoms with E-state index in [-0.39, 0.29) is 41.8 Å². The average Bonchev–Trinajstić information content (AvgIpc) is 2.80. The largest absolute Gasteiger partial charge is 0.504 e. The summed E-state index contributed by atoms with van der Waals surface area (Å²) in [6.07, 6.45) is 2.61. The zero-order valence-corrected chi connectivity index (χ0v) is 22.3. The minimum absolute atomic E-state index is 0.0297. The summed E-state index contributed by atoms with van der Waals surface area (Å²) in [5.74, 6) is 1.52. The highest BCUT2D eigenvalue weighted by Crippen LogP contribution is 2.48. The molecule has 34 heavy (non-hydrogen) atoms. The van der Waals surface area contributed by atoms with Gasteiger partial charge in [0.2, 0.25) is 5.91 Å². The van der Waals surface area contributed by atoms with E-state index in [0.717, 1.165) is 16.7 Å². The Balaban J connectivity index is 1.65. The predicted molar refractivity (Wildman–Crippen MR) is 136 cm³/mol. The second-order valence-corrected chi connectivity index (χ2v) is 10.8. The number of nitrogens with one attached hydrogen (secondary N) is 2. The number of ether oxygens (including phenoxy) is 1. The fourth-order valence-electron chi connectivity index (χ4n) is 4.67. The third-order valence-corrected chi connectivity index (χ3v) is 8.59. The normalized spacial score (nSPS) is 23.9. The van der Waals surface area contributed by atoms with Gasteiger partial charge in [0.1, 0.15) is 11.0 Å². The molecule has 1 aliphatic rings. The lowest BCUT2D eigenvalue weighted by molar-refractivity contribution is -0.122. The molecule has 3 rings (SSSR count). The van der Waals surface area contributed by atoms with Gasteiger partial charge in [0.15, 0.2) is 11.5 Å². The highest BCUT2D eigenvalue weighted by atomic mass is 79.9. The number of anilines is 1. The maximum Gasteiger partial charge on any atom is 0.283 e. The number of benzene rings is 1. The van der Waals surface area contributed by atoms with E-state index in [9.17, 15) is 14.7 Å². The Morgan fingerprint density at radius 2 is 2.03 bits per heavy atom. The quantitative estimate of drug-likeness (QED) is 0.492. The van der Waals surface area contributed by atoms with Gasteiger partial charge in [-0.15, -0.1) is 0 Å². The molecule has 0 saturated heterocycles. The maximum absolute atomic E-state index is 12.9.